The summed E-state index contributed by atoms with van der Waals surface area (Å²) in [4.78, 5) is 0. The summed E-state index contributed by atoms with van der Waals surface area (Å²) in [5.74, 6) is -0.111. The minimum absolute atomic E-state index is 0.111. The molecule has 17 heavy (non-hydrogen) atoms. The molecule has 96 valence electrons. The molecule has 0 aliphatic heterocycles. The van der Waals surface area contributed by atoms with Crippen LogP contribution in [0.2, 0.25) is 0 Å². The van der Waals surface area contributed by atoms with Crippen LogP contribution >= 0.6 is 0 Å². The highest BCUT2D eigenvalue weighted by atomic mass is 19.4. The number of ether oxygens (including phenoxy) is 2. The Morgan fingerprint density at radius 3 is 2.47 bits per heavy atom. The first-order valence-corrected chi connectivity index (χ1v) is 5.34. The molecule has 0 aliphatic carbocycles. The third-order valence-electron chi connectivity index (χ3n) is 2.20. The second-order valence-corrected chi connectivity index (χ2v) is 3.49. The van der Waals surface area contributed by atoms with Crippen molar-refractivity contribution in [2.45, 2.75) is 20.0 Å². The highest BCUT2D eigenvalue weighted by molar-refractivity contribution is 5.42. The number of benzene rings is 1. The van der Waals surface area contributed by atoms with E-state index in [0.717, 1.165) is 6.07 Å². The zero-order chi connectivity index (χ0) is 12.9. The summed E-state index contributed by atoms with van der Waals surface area (Å²) in [6, 6.07) is 3.97. The van der Waals surface area contributed by atoms with Crippen molar-refractivity contribution in [2.75, 3.05) is 19.8 Å². The second kappa shape index (κ2) is 5.91. The molecule has 0 radical (unpaired) electrons. The Hall–Kier alpha value is -1.23. The van der Waals surface area contributed by atoms with Crippen molar-refractivity contribution in [1.29, 1.82) is 0 Å². The van der Waals surface area contributed by atoms with Crippen molar-refractivity contribution in [3.63, 3.8) is 0 Å². The van der Waals surface area contributed by atoms with Crippen molar-refractivity contribution in [1.82, 2.24) is 0 Å². The van der Waals surface area contributed by atoms with E-state index >= 15 is 0 Å². The molecule has 5 heteroatoms. The first-order chi connectivity index (χ1) is 7.96. The summed E-state index contributed by atoms with van der Waals surface area (Å²) >= 11 is 0. The molecule has 2 nitrogen and oxygen atoms in total. The molecule has 1 aromatic rings. The molecule has 0 amide bonds. The van der Waals surface area contributed by atoms with E-state index in [4.69, 9.17) is 9.47 Å². The number of aryl methyl sites for hydroxylation is 1. The molecule has 0 saturated heterocycles. The van der Waals surface area contributed by atoms with Gasteiger partial charge in [-0.05, 0) is 25.5 Å². The molecule has 0 aliphatic rings. The van der Waals surface area contributed by atoms with Gasteiger partial charge in [-0.15, -0.1) is 0 Å². The van der Waals surface area contributed by atoms with Gasteiger partial charge < -0.3 is 9.47 Å². The molecule has 0 heterocycles. The molecule has 0 fully saturated rings. The molecule has 0 bridgehead atoms. The predicted octanol–water partition coefficient (Wildman–Crippen LogP) is 3.43. The largest absolute Gasteiger partial charge is 0.490 e. The van der Waals surface area contributed by atoms with Crippen LogP contribution in [-0.2, 0) is 10.9 Å². The average molecular weight is 248 g/mol. The maximum atomic E-state index is 12.7. The SMILES string of the molecule is CCOCCOc1c(C)cccc1C(F)(F)F. The van der Waals surface area contributed by atoms with Crippen LogP contribution in [0, 0.1) is 6.92 Å². The standard InChI is InChI=1S/C12H15F3O2/c1-3-16-7-8-17-11-9(2)5-4-6-10(11)12(13,14)15/h4-6H,3,7-8H2,1-2H3. The fourth-order valence-electron chi connectivity index (χ4n) is 1.41. The smallest absolute Gasteiger partial charge is 0.419 e. The van der Waals surface area contributed by atoms with Crippen LogP contribution in [0.4, 0.5) is 13.2 Å². The lowest BCUT2D eigenvalue weighted by atomic mass is 10.1. The molecule has 0 N–H and O–H groups in total. The van der Waals surface area contributed by atoms with Gasteiger partial charge >= 0.3 is 6.18 Å². The van der Waals surface area contributed by atoms with Gasteiger partial charge in [0.25, 0.3) is 0 Å². The predicted molar refractivity (Wildman–Crippen MR) is 58.2 cm³/mol. The second-order valence-electron chi connectivity index (χ2n) is 3.49. The van der Waals surface area contributed by atoms with Crippen LogP contribution in [-0.4, -0.2) is 19.8 Å². The van der Waals surface area contributed by atoms with E-state index in [0.29, 0.717) is 12.2 Å². The van der Waals surface area contributed by atoms with E-state index in [2.05, 4.69) is 0 Å². The van der Waals surface area contributed by atoms with E-state index in [1.165, 1.54) is 6.07 Å². The van der Waals surface area contributed by atoms with E-state index in [1.54, 1.807) is 13.0 Å². The van der Waals surface area contributed by atoms with Crippen molar-refractivity contribution in [2.24, 2.45) is 0 Å². The van der Waals surface area contributed by atoms with Crippen LogP contribution < -0.4 is 4.74 Å². The molecular formula is C12H15F3O2. The summed E-state index contributed by atoms with van der Waals surface area (Å²) in [7, 11) is 0. The number of rotatable bonds is 5. The van der Waals surface area contributed by atoms with Crippen molar-refractivity contribution >= 4 is 0 Å². The van der Waals surface area contributed by atoms with Gasteiger partial charge in [0.1, 0.15) is 12.4 Å². The molecule has 1 rings (SSSR count). The summed E-state index contributed by atoms with van der Waals surface area (Å²) in [5, 5.41) is 0. The Kier molecular flexibility index (Phi) is 4.81. The van der Waals surface area contributed by atoms with Gasteiger partial charge in [-0.2, -0.15) is 13.2 Å². The summed E-state index contributed by atoms with van der Waals surface area (Å²) < 4.78 is 48.2. The van der Waals surface area contributed by atoms with Crippen LogP contribution in [0.5, 0.6) is 5.75 Å². The van der Waals surface area contributed by atoms with Gasteiger partial charge in [-0.1, -0.05) is 12.1 Å². The van der Waals surface area contributed by atoms with E-state index in [1.807, 2.05) is 6.92 Å². The van der Waals surface area contributed by atoms with Gasteiger partial charge in [-0.25, -0.2) is 0 Å². The maximum absolute atomic E-state index is 12.7. The lowest BCUT2D eigenvalue weighted by Gasteiger charge is -2.15. The molecule has 0 saturated carbocycles. The Labute approximate surface area is 98.3 Å². The minimum atomic E-state index is -4.40. The third-order valence-corrected chi connectivity index (χ3v) is 2.20. The zero-order valence-corrected chi connectivity index (χ0v) is 9.80. The monoisotopic (exact) mass is 248 g/mol. The molecular weight excluding hydrogens is 233 g/mol. The van der Waals surface area contributed by atoms with Crippen LogP contribution in [0.25, 0.3) is 0 Å². The maximum Gasteiger partial charge on any atom is 0.419 e. The lowest BCUT2D eigenvalue weighted by Crippen LogP contribution is -2.13. The summed E-state index contributed by atoms with van der Waals surface area (Å²) in [5.41, 5.74) is -0.273. The summed E-state index contributed by atoms with van der Waals surface area (Å²) in [6.45, 7) is 4.31. The van der Waals surface area contributed by atoms with Gasteiger partial charge in [0.05, 0.1) is 12.2 Å². The number of hydrogen-bond acceptors (Lipinski definition) is 2. The zero-order valence-electron chi connectivity index (χ0n) is 9.80. The Balaban J connectivity index is 2.81. The highest BCUT2D eigenvalue weighted by Crippen LogP contribution is 2.37. The summed E-state index contributed by atoms with van der Waals surface area (Å²) in [6.07, 6.45) is -4.40. The minimum Gasteiger partial charge on any atom is -0.490 e. The number of para-hydroxylation sites is 1. The van der Waals surface area contributed by atoms with Crippen LogP contribution in [0.15, 0.2) is 18.2 Å². The number of alkyl halides is 3. The third kappa shape index (κ3) is 3.93. The molecule has 0 unspecified atom stereocenters. The van der Waals surface area contributed by atoms with Crippen molar-refractivity contribution in [3.8, 4) is 5.75 Å². The van der Waals surface area contributed by atoms with Gasteiger partial charge in [0.2, 0.25) is 0 Å². The Morgan fingerprint density at radius 2 is 1.88 bits per heavy atom. The first kappa shape index (κ1) is 13.8. The average Bonchev–Trinajstić information content (AvgIpc) is 2.24. The van der Waals surface area contributed by atoms with E-state index in [9.17, 15) is 13.2 Å². The quantitative estimate of drug-likeness (QED) is 0.743. The molecule has 0 spiro atoms. The van der Waals surface area contributed by atoms with Gasteiger partial charge in [0.15, 0.2) is 0 Å². The van der Waals surface area contributed by atoms with Crippen molar-refractivity contribution < 1.29 is 22.6 Å². The fraction of sp³-hybridized carbons (Fsp3) is 0.500. The van der Waals surface area contributed by atoms with E-state index in [-0.39, 0.29) is 19.0 Å². The molecule has 0 aromatic heterocycles. The topological polar surface area (TPSA) is 18.5 Å². The Bertz CT molecular complexity index is 361. The van der Waals surface area contributed by atoms with Crippen LogP contribution in [0.1, 0.15) is 18.1 Å². The van der Waals surface area contributed by atoms with Crippen LogP contribution in [0.3, 0.4) is 0 Å². The fourth-order valence-corrected chi connectivity index (χ4v) is 1.41. The lowest BCUT2D eigenvalue weighted by molar-refractivity contribution is -0.139. The van der Waals surface area contributed by atoms with Crippen molar-refractivity contribution in [3.05, 3.63) is 29.3 Å². The molecule has 0 atom stereocenters. The van der Waals surface area contributed by atoms with E-state index < -0.39 is 11.7 Å². The van der Waals surface area contributed by atoms with Gasteiger partial charge in [-0.3, -0.25) is 0 Å². The highest BCUT2D eigenvalue weighted by Gasteiger charge is 2.34. The molecule has 1 aromatic carbocycles. The normalized spacial score (nSPS) is 11.6. The number of hydrogen-bond donors (Lipinski definition) is 0. The first-order valence-electron chi connectivity index (χ1n) is 5.34. The van der Waals surface area contributed by atoms with Gasteiger partial charge in [0, 0.05) is 6.61 Å². The Morgan fingerprint density at radius 1 is 1.18 bits per heavy atom. The number of halogens is 3.